The molecule has 29 heavy (non-hydrogen) atoms. The van der Waals surface area contributed by atoms with Crippen LogP contribution in [-0.4, -0.2) is 43.4 Å². The molecule has 1 saturated heterocycles. The Morgan fingerprint density at radius 3 is 2.90 bits per heavy atom. The van der Waals surface area contributed by atoms with Crippen molar-refractivity contribution in [3.63, 3.8) is 0 Å². The molecule has 2 heterocycles. The highest BCUT2D eigenvalue weighted by Crippen LogP contribution is 2.33. The van der Waals surface area contributed by atoms with Gasteiger partial charge in [0.25, 0.3) is 0 Å². The molecule has 0 spiro atoms. The van der Waals surface area contributed by atoms with Gasteiger partial charge in [-0.15, -0.1) is 0 Å². The van der Waals surface area contributed by atoms with Crippen molar-refractivity contribution in [2.75, 3.05) is 33.4 Å². The standard InChI is InChI=1S/C23H26ClN2O3/c1-27-20-6-2-3-7-21(20)28-15-5-4-12-26-13-10-17(11-14-26)23-19-9-8-18(24)16-22(19)29-25-23/h3,6-9,16-17H,4-5,10-15H2,1H3. The van der Waals surface area contributed by atoms with Crippen LogP contribution in [-0.2, 0) is 0 Å². The quantitative estimate of drug-likeness (QED) is 0.467. The number of benzene rings is 2. The topological polar surface area (TPSA) is 47.7 Å². The Balaban J connectivity index is 1.19. The van der Waals surface area contributed by atoms with E-state index in [2.05, 4.69) is 16.1 Å². The van der Waals surface area contributed by atoms with Crippen molar-refractivity contribution >= 4 is 22.6 Å². The predicted molar refractivity (Wildman–Crippen MR) is 114 cm³/mol. The third-order valence-corrected chi connectivity index (χ3v) is 5.81. The van der Waals surface area contributed by atoms with E-state index in [1.165, 1.54) is 0 Å². The van der Waals surface area contributed by atoms with E-state index in [0.29, 0.717) is 17.5 Å². The van der Waals surface area contributed by atoms with Gasteiger partial charge in [0.15, 0.2) is 17.1 Å². The van der Waals surface area contributed by atoms with Gasteiger partial charge >= 0.3 is 0 Å². The summed E-state index contributed by atoms with van der Waals surface area (Å²) in [4.78, 5) is 2.54. The molecule has 153 valence electrons. The molecule has 0 atom stereocenters. The number of rotatable bonds is 8. The summed E-state index contributed by atoms with van der Waals surface area (Å²) in [5.41, 5.74) is 1.86. The van der Waals surface area contributed by atoms with E-state index < -0.39 is 0 Å². The smallest absolute Gasteiger partial charge is 0.168 e. The van der Waals surface area contributed by atoms with Gasteiger partial charge in [-0.25, -0.2) is 0 Å². The lowest BCUT2D eigenvalue weighted by molar-refractivity contribution is 0.199. The van der Waals surface area contributed by atoms with Crippen LogP contribution in [0.2, 0.25) is 5.02 Å². The zero-order valence-corrected chi connectivity index (χ0v) is 17.5. The molecule has 0 amide bonds. The molecular weight excluding hydrogens is 388 g/mol. The Morgan fingerprint density at radius 1 is 1.21 bits per heavy atom. The summed E-state index contributed by atoms with van der Waals surface area (Å²) in [6.07, 6.45) is 4.37. The van der Waals surface area contributed by atoms with Gasteiger partial charge in [0.05, 0.1) is 19.4 Å². The largest absolute Gasteiger partial charge is 0.493 e. The molecule has 0 bridgehead atoms. The maximum Gasteiger partial charge on any atom is 0.168 e. The zero-order valence-electron chi connectivity index (χ0n) is 16.7. The lowest BCUT2D eigenvalue weighted by Crippen LogP contribution is -2.34. The fourth-order valence-electron chi connectivity index (χ4n) is 3.95. The highest BCUT2D eigenvalue weighted by molar-refractivity contribution is 6.31. The summed E-state index contributed by atoms with van der Waals surface area (Å²) in [6.45, 7) is 3.99. The van der Waals surface area contributed by atoms with E-state index in [0.717, 1.165) is 73.5 Å². The van der Waals surface area contributed by atoms with Crippen molar-refractivity contribution < 1.29 is 14.0 Å². The molecular formula is C23H26ClN2O3. The molecule has 6 heteroatoms. The van der Waals surface area contributed by atoms with Gasteiger partial charge in [-0.05, 0) is 75.6 Å². The van der Waals surface area contributed by atoms with Crippen molar-refractivity contribution in [3.8, 4) is 11.5 Å². The lowest BCUT2D eigenvalue weighted by Gasteiger charge is -2.31. The molecule has 1 aliphatic rings. The van der Waals surface area contributed by atoms with E-state index in [1.54, 1.807) is 13.2 Å². The molecule has 0 saturated carbocycles. The van der Waals surface area contributed by atoms with E-state index in [9.17, 15) is 0 Å². The molecule has 1 radical (unpaired) electrons. The molecule has 2 aromatic carbocycles. The number of fused-ring (bicyclic) bond motifs is 1. The van der Waals surface area contributed by atoms with Crippen molar-refractivity contribution in [3.05, 3.63) is 53.2 Å². The molecule has 0 aliphatic carbocycles. The van der Waals surface area contributed by atoms with Gasteiger partial charge in [-0.2, -0.15) is 0 Å². The fraction of sp³-hybridized carbons (Fsp3) is 0.435. The average Bonchev–Trinajstić information content (AvgIpc) is 3.17. The summed E-state index contributed by atoms with van der Waals surface area (Å²) in [5.74, 6) is 1.98. The maximum absolute atomic E-state index is 6.04. The normalized spacial score (nSPS) is 15.7. The monoisotopic (exact) mass is 413 g/mol. The molecule has 1 fully saturated rings. The number of nitrogens with zero attached hydrogens (tertiary/aromatic N) is 2. The van der Waals surface area contributed by atoms with E-state index in [-0.39, 0.29) is 0 Å². The maximum atomic E-state index is 6.04. The lowest BCUT2D eigenvalue weighted by atomic mass is 9.91. The summed E-state index contributed by atoms with van der Waals surface area (Å²) in [7, 11) is 1.65. The summed E-state index contributed by atoms with van der Waals surface area (Å²) in [6, 6.07) is 14.3. The number of methoxy groups -OCH3 is 1. The fourth-order valence-corrected chi connectivity index (χ4v) is 4.12. The van der Waals surface area contributed by atoms with Crippen LogP contribution in [0.25, 0.3) is 11.0 Å². The Kier molecular flexibility index (Phi) is 6.57. The summed E-state index contributed by atoms with van der Waals surface area (Å²) < 4.78 is 16.6. The summed E-state index contributed by atoms with van der Waals surface area (Å²) >= 11 is 6.04. The van der Waals surface area contributed by atoms with Gasteiger partial charge in [-0.1, -0.05) is 22.8 Å². The number of piperidine rings is 1. The van der Waals surface area contributed by atoms with Gasteiger partial charge in [0.1, 0.15) is 0 Å². The Morgan fingerprint density at radius 2 is 2.07 bits per heavy atom. The Labute approximate surface area is 176 Å². The molecule has 1 aliphatic heterocycles. The first-order valence-corrected chi connectivity index (χ1v) is 10.6. The summed E-state index contributed by atoms with van der Waals surface area (Å²) in [5, 5.41) is 6.11. The number of likely N-dealkylation sites (tertiary alicyclic amines) is 1. The third-order valence-electron chi connectivity index (χ3n) is 5.57. The van der Waals surface area contributed by atoms with Gasteiger partial charge in [-0.3, -0.25) is 0 Å². The molecule has 3 aromatic rings. The molecule has 1 aromatic heterocycles. The van der Waals surface area contributed by atoms with E-state index >= 15 is 0 Å². The number of ether oxygens (including phenoxy) is 2. The minimum Gasteiger partial charge on any atom is -0.493 e. The Bertz CT molecular complexity index is 935. The zero-order chi connectivity index (χ0) is 20.1. The SMILES string of the molecule is COc1c[c]ccc1OCCCCN1CCC(c2noc3cc(Cl)ccc23)CC1. The number of aromatic nitrogens is 1. The first-order valence-electron chi connectivity index (χ1n) is 10.2. The second-order valence-electron chi connectivity index (χ2n) is 7.46. The second-order valence-corrected chi connectivity index (χ2v) is 7.89. The molecule has 0 unspecified atom stereocenters. The van der Waals surface area contributed by atoms with Crippen LogP contribution in [0.3, 0.4) is 0 Å². The first-order chi connectivity index (χ1) is 14.2. The molecule has 0 N–H and O–H groups in total. The Hall–Kier alpha value is -2.24. The highest BCUT2D eigenvalue weighted by Gasteiger charge is 2.24. The van der Waals surface area contributed by atoms with Crippen LogP contribution < -0.4 is 9.47 Å². The molecule has 5 nitrogen and oxygen atoms in total. The van der Waals surface area contributed by atoms with Crippen LogP contribution in [0.4, 0.5) is 0 Å². The van der Waals surface area contributed by atoms with Crippen LogP contribution in [0, 0.1) is 6.07 Å². The minimum absolute atomic E-state index is 0.458. The average molecular weight is 414 g/mol. The van der Waals surface area contributed by atoms with Crippen LogP contribution in [0.15, 0.2) is 40.9 Å². The van der Waals surface area contributed by atoms with E-state index in [4.69, 9.17) is 25.6 Å². The van der Waals surface area contributed by atoms with Crippen LogP contribution in [0.1, 0.15) is 37.3 Å². The van der Waals surface area contributed by atoms with Crippen molar-refractivity contribution in [1.82, 2.24) is 10.1 Å². The van der Waals surface area contributed by atoms with Gasteiger partial charge < -0.3 is 18.9 Å². The van der Waals surface area contributed by atoms with Gasteiger partial charge in [0, 0.05) is 22.4 Å². The van der Waals surface area contributed by atoms with Crippen molar-refractivity contribution in [1.29, 1.82) is 0 Å². The number of hydrogen-bond acceptors (Lipinski definition) is 5. The number of halogens is 1. The minimum atomic E-state index is 0.458. The van der Waals surface area contributed by atoms with E-state index in [1.807, 2.05) is 30.3 Å². The number of hydrogen-bond donors (Lipinski definition) is 0. The highest BCUT2D eigenvalue weighted by atomic mass is 35.5. The number of unbranched alkanes of at least 4 members (excludes halogenated alkanes) is 1. The predicted octanol–water partition coefficient (Wildman–Crippen LogP) is 5.33. The van der Waals surface area contributed by atoms with Crippen LogP contribution in [0.5, 0.6) is 11.5 Å². The second kappa shape index (κ2) is 9.51. The third kappa shape index (κ3) is 4.85. The van der Waals surface area contributed by atoms with Crippen molar-refractivity contribution in [2.45, 2.75) is 31.6 Å². The molecule has 4 rings (SSSR count). The van der Waals surface area contributed by atoms with Crippen LogP contribution >= 0.6 is 11.6 Å². The van der Waals surface area contributed by atoms with Crippen molar-refractivity contribution in [2.24, 2.45) is 0 Å². The van der Waals surface area contributed by atoms with Gasteiger partial charge in [0.2, 0.25) is 0 Å². The first kappa shape index (κ1) is 20.0.